The number of hydrogen-bond donors (Lipinski definition) is 1. The molecule has 2 aliphatic rings. The van der Waals surface area contributed by atoms with Crippen LogP contribution in [0.4, 0.5) is 0 Å². The van der Waals surface area contributed by atoms with Crippen molar-refractivity contribution < 1.29 is 4.79 Å². The molecule has 102 valence electrons. The van der Waals surface area contributed by atoms with Gasteiger partial charge in [-0.15, -0.1) is 0 Å². The van der Waals surface area contributed by atoms with E-state index >= 15 is 0 Å². The highest BCUT2D eigenvalue weighted by molar-refractivity contribution is 8.02. The van der Waals surface area contributed by atoms with Gasteiger partial charge in [0.05, 0.1) is 9.74 Å². The van der Waals surface area contributed by atoms with Crippen molar-refractivity contribution in [1.29, 1.82) is 0 Å². The van der Waals surface area contributed by atoms with E-state index in [9.17, 15) is 4.79 Å². The fraction of sp³-hybridized carbons (Fsp3) is 0.833. The third-order valence-corrected chi connectivity index (χ3v) is 7.09. The summed E-state index contributed by atoms with van der Waals surface area (Å²) in [5, 5.41) is 0. The third-order valence-electron chi connectivity index (χ3n) is 4.00. The molecule has 2 fully saturated rings. The zero-order chi connectivity index (χ0) is 13.2. The molecule has 2 saturated heterocycles. The van der Waals surface area contributed by atoms with Crippen LogP contribution in [0.1, 0.15) is 19.3 Å². The summed E-state index contributed by atoms with van der Waals surface area (Å²) < 4.78 is -0.0868. The molecular formula is C12H20N2OS3. The molecule has 0 aromatic heterocycles. The Balaban J connectivity index is 1.93. The molecule has 1 unspecified atom stereocenters. The minimum Gasteiger partial charge on any atom is -0.392 e. The van der Waals surface area contributed by atoms with Crippen LogP contribution in [0.15, 0.2) is 0 Å². The summed E-state index contributed by atoms with van der Waals surface area (Å²) in [5.74, 6) is 2.73. The molecule has 1 atom stereocenters. The lowest BCUT2D eigenvalue weighted by Crippen LogP contribution is -2.51. The number of carbonyl (C=O) groups excluding carboxylic acids is 1. The highest BCUT2D eigenvalue weighted by Crippen LogP contribution is 2.36. The number of hydrogen-bond acceptors (Lipinski definition) is 4. The molecule has 18 heavy (non-hydrogen) atoms. The molecule has 2 N–H and O–H groups in total. The first-order valence-corrected chi connectivity index (χ1v) is 9.09. The summed E-state index contributed by atoms with van der Waals surface area (Å²) in [6, 6.07) is 0. The van der Waals surface area contributed by atoms with Crippen LogP contribution in [0.5, 0.6) is 0 Å². The Morgan fingerprint density at radius 2 is 2.17 bits per heavy atom. The smallest absolute Gasteiger partial charge is 0.226 e. The van der Waals surface area contributed by atoms with Crippen LogP contribution in [-0.4, -0.2) is 51.4 Å². The van der Waals surface area contributed by atoms with Crippen LogP contribution >= 0.6 is 35.7 Å². The van der Waals surface area contributed by atoms with Gasteiger partial charge < -0.3 is 10.6 Å². The average molecular weight is 305 g/mol. The van der Waals surface area contributed by atoms with Crippen molar-refractivity contribution in [3.05, 3.63) is 0 Å². The first kappa shape index (κ1) is 14.5. The Hall–Kier alpha value is 0.0600. The van der Waals surface area contributed by atoms with E-state index in [-0.39, 0.29) is 10.7 Å². The maximum Gasteiger partial charge on any atom is 0.226 e. The molecule has 0 aliphatic carbocycles. The quantitative estimate of drug-likeness (QED) is 0.805. The molecule has 6 heteroatoms. The van der Waals surface area contributed by atoms with E-state index in [2.05, 4.69) is 6.26 Å². The third kappa shape index (κ3) is 2.80. The second kappa shape index (κ2) is 6.01. The van der Waals surface area contributed by atoms with Gasteiger partial charge >= 0.3 is 0 Å². The second-order valence-corrected chi connectivity index (χ2v) is 7.73. The molecule has 0 aromatic rings. The van der Waals surface area contributed by atoms with Gasteiger partial charge in [-0.25, -0.2) is 0 Å². The van der Waals surface area contributed by atoms with Gasteiger partial charge in [0.1, 0.15) is 0 Å². The molecule has 0 bridgehead atoms. The number of nitrogens with two attached hydrogens (primary N) is 1. The Kier molecular flexibility index (Phi) is 4.83. The van der Waals surface area contributed by atoms with Gasteiger partial charge in [-0.05, 0) is 31.3 Å². The van der Waals surface area contributed by atoms with E-state index in [1.165, 1.54) is 0 Å². The number of carbonyl (C=O) groups is 1. The minimum atomic E-state index is -0.0868. The average Bonchev–Trinajstić information content (AvgIpc) is 2.91. The first-order valence-electron chi connectivity index (χ1n) is 6.30. The topological polar surface area (TPSA) is 46.3 Å². The van der Waals surface area contributed by atoms with Crippen LogP contribution < -0.4 is 5.73 Å². The number of thioether (sulfide) groups is 2. The molecule has 2 rings (SSSR count). The summed E-state index contributed by atoms with van der Waals surface area (Å²) in [6.45, 7) is 1.61. The van der Waals surface area contributed by atoms with Crippen molar-refractivity contribution in [2.24, 2.45) is 11.7 Å². The summed E-state index contributed by atoms with van der Waals surface area (Å²) in [5.41, 5.74) is 5.86. The monoisotopic (exact) mass is 304 g/mol. The second-order valence-electron chi connectivity index (χ2n) is 4.95. The van der Waals surface area contributed by atoms with Gasteiger partial charge in [0.2, 0.25) is 5.91 Å². The summed E-state index contributed by atoms with van der Waals surface area (Å²) >= 11 is 8.82. The van der Waals surface area contributed by atoms with Crippen LogP contribution in [0.25, 0.3) is 0 Å². The number of thiocarbonyl (C=S) groups is 1. The highest BCUT2D eigenvalue weighted by Gasteiger charge is 2.39. The lowest BCUT2D eigenvalue weighted by molar-refractivity contribution is -0.135. The zero-order valence-electron chi connectivity index (χ0n) is 10.7. The number of piperidine rings is 1. The van der Waals surface area contributed by atoms with Crippen LogP contribution in [0.2, 0.25) is 0 Å². The Bertz CT molecular complexity index is 334. The lowest BCUT2D eigenvalue weighted by atomic mass is 9.94. The highest BCUT2D eigenvalue weighted by atomic mass is 32.2. The predicted octanol–water partition coefficient (Wildman–Crippen LogP) is 1.75. The maximum atomic E-state index is 12.3. The fourth-order valence-corrected chi connectivity index (χ4v) is 5.08. The van der Waals surface area contributed by atoms with Crippen molar-refractivity contribution in [2.45, 2.75) is 24.0 Å². The summed E-state index contributed by atoms with van der Waals surface area (Å²) in [7, 11) is 0. The van der Waals surface area contributed by atoms with Crippen molar-refractivity contribution in [3.8, 4) is 0 Å². The van der Waals surface area contributed by atoms with Gasteiger partial charge in [0, 0.05) is 24.8 Å². The molecule has 3 nitrogen and oxygen atoms in total. The van der Waals surface area contributed by atoms with Gasteiger partial charge in [-0.3, -0.25) is 4.79 Å². The van der Waals surface area contributed by atoms with Crippen LogP contribution in [-0.2, 0) is 4.79 Å². The molecule has 1 amide bonds. The first-order chi connectivity index (χ1) is 8.59. The van der Waals surface area contributed by atoms with Gasteiger partial charge in [0.25, 0.3) is 0 Å². The normalized spacial score (nSPS) is 27.2. The maximum absolute atomic E-state index is 12.3. The molecule has 2 aliphatic heterocycles. The molecule has 0 spiro atoms. The van der Waals surface area contributed by atoms with E-state index in [0.717, 1.165) is 43.9 Å². The molecule has 2 heterocycles. The molecular weight excluding hydrogens is 284 g/mol. The lowest BCUT2D eigenvalue weighted by Gasteiger charge is -2.40. The Morgan fingerprint density at radius 1 is 1.50 bits per heavy atom. The van der Waals surface area contributed by atoms with Crippen molar-refractivity contribution in [3.63, 3.8) is 0 Å². The van der Waals surface area contributed by atoms with E-state index in [0.29, 0.717) is 10.9 Å². The van der Waals surface area contributed by atoms with E-state index in [1.807, 2.05) is 16.7 Å². The van der Waals surface area contributed by atoms with E-state index in [4.69, 9.17) is 18.0 Å². The van der Waals surface area contributed by atoms with E-state index < -0.39 is 0 Å². The summed E-state index contributed by atoms with van der Waals surface area (Å²) in [6.07, 6.45) is 4.90. The fourth-order valence-electron chi connectivity index (χ4n) is 2.63. The Labute approximate surface area is 123 Å². The SMILES string of the molecule is CSC1(C(N)=S)CCN(C(=O)C2CCSC2)CC1. The molecule has 0 aromatic carbocycles. The number of amides is 1. The Morgan fingerprint density at radius 3 is 2.61 bits per heavy atom. The number of nitrogens with zero attached hydrogens (tertiary/aromatic N) is 1. The standard InChI is InChI=1S/C12H20N2OS3/c1-17-12(11(13)16)3-5-14(6-4-12)10(15)9-2-7-18-8-9/h9H,2-8H2,1H3,(H2,13,16). The predicted molar refractivity (Wildman–Crippen MR) is 84.3 cm³/mol. The van der Waals surface area contributed by atoms with Crippen molar-refractivity contribution >= 4 is 46.6 Å². The van der Waals surface area contributed by atoms with Crippen molar-refractivity contribution in [2.75, 3.05) is 30.9 Å². The number of rotatable bonds is 3. The van der Waals surface area contributed by atoms with Gasteiger partial charge in [-0.2, -0.15) is 23.5 Å². The largest absolute Gasteiger partial charge is 0.392 e. The van der Waals surface area contributed by atoms with E-state index in [1.54, 1.807) is 11.8 Å². The summed E-state index contributed by atoms with van der Waals surface area (Å²) in [4.78, 5) is 14.9. The molecule has 0 radical (unpaired) electrons. The number of likely N-dealkylation sites (tertiary alicyclic amines) is 1. The minimum absolute atomic E-state index is 0.0868. The van der Waals surface area contributed by atoms with Crippen molar-refractivity contribution in [1.82, 2.24) is 4.90 Å². The van der Waals surface area contributed by atoms with Crippen LogP contribution in [0, 0.1) is 5.92 Å². The van der Waals surface area contributed by atoms with Gasteiger partial charge in [-0.1, -0.05) is 12.2 Å². The zero-order valence-corrected chi connectivity index (χ0v) is 13.1. The molecule has 0 saturated carbocycles. The van der Waals surface area contributed by atoms with Gasteiger partial charge in [0.15, 0.2) is 0 Å². The van der Waals surface area contributed by atoms with Crippen LogP contribution in [0.3, 0.4) is 0 Å².